The lowest BCUT2D eigenvalue weighted by Gasteiger charge is -2.18. The molecule has 20 heavy (non-hydrogen) atoms. The Morgan fingerprint density at radius 2 is 2.25 bits per heavy atom. The van der Waals surface area contributed by atoms with Gasteiger partial charge in [0.05, 0.1) is 6.54 Å². The molecule has 2 heterocycles. The van der Waals surface area contributed by atoms with Gasteiger partial charge >= 0.3 is 0 Å². The van der Waals surface area contributed by atoms with Crippen LogP contribution in [0.3, 0.4) is 0 Å². The van der Waals surface area contributed by atoms with E-state index in [1.165, 1.54) is 17.7 Å². The fourth-order valence-corrected chi connectivity index (χ4v) is 3.06. The number of rotatable bonds is 7. The predicted molar refractivity (Wildman–Crippen MR) is 79.4 cm³/mol. The fraction of sp³-hybridized carbons (Fsp3) is 0.600. The molecule has 1 saturated carbocycles. The normalized spacial score (nSPS) is 15.4. The number of hydrogen-bond acceptors (Lipinski definition) is 5. The van der Waals surface area contributed by atoms with E-state index in [4.69, 9.17) is 4.52 Å². The molecule has 2 aromatic rings. The van der Waals surface area contributed by atoms with Gasteiger partial charge in [-0.2, -0.15) is 4.98 Å². The van der Waals surface area contributed by atoms with Crippen LogP contribution in [0.4, 0.5) is 0 Å². The molecule has 0 spiro atoms. The molecule has 0 amide bonds. The Bertz CT molecular complexity index is 531. The van der Waals surface area contributed by atoms with Crippen molar-refractivity contribution in [2.24, 2.45) is 5.92 Å². The van der Waals surface area contributed by atoms with Gasteiger partial charge in [0, 0.05) is 23.9 Å². The van der Waals surface area contributed by atoms with Crippen molar-refractivity contribution < 1.29 is 4.52 Å². The second kappa shape index (κ2) is 6.06. The lowest BCUT2D eigenvalue weighted by molar-refractivity contribution is 0.211. The minimum Gasteiger partial charge on any atom is -0.338 e. The smallest absolute Gasteiger partial charge is 0.240 e. The zero-order valence-electron chi connectivity index (χ0n) is 12.1. The molecule has 0 N–H and O–H groups in total. The van der Waals surface area contributed by atoms with E-state index in [0.29, 0.717) is 12.0 Å². The zero-order valence-corrected chi connectivity index (χ0v) is 12.9. The second-order valence-electron chi connectivity index (χ2n) is 5.92. The minimum atomic E-state index is 0.561. The monoisotopic (exact) mass is 291 g/mol. The van der Waals surface area contributed by atoms with Gasteiger partial charge in [-0.15, -0.1) is 11.3 Å². The Hall–Kier alpha value is -1.20. The van der Waals surface area contributed by atoms with Gasteiger partial charge in [0.2, 0.25) is 5.89 Å². The Kier molecular flexibility index (Phi) is 4.17. The summed E-state index contributed by atoms with van der Waals surface area (Å²) < 4.78 is 5.39. The first-order valence-corrected chi connectivity index (χ1v) is 8.16. The van der Waals surface area contributed by atoms with Crippen molar-refractivity contribution in [2.45, 2.75) is 52.2 Å². The maximum atomic E-state index is 5.39. The number of hydrogen-bond donors (Lipinski definition) is 0. The molecule has 1 fully saturated rings. The standard InChI is InChI=1S/C15H21N3OS/c1-11(2)8-14-16-15(19-17-14)10-18(12-5-6-12)9-13-4-3-7-20-13/h3-4,7,11-12H,5-6,8-10H2,1-2H3. The molecule has 0 atom stereocenters. The van der Waals surface area contributed by atoms with Crippen molar-refractivity contribution in [2.75, 3.05) is 0 Å². The van der Waals surface area contributed by atoms with Crippen molar-refractivity contribution in [3.8, 4) is 0 Å². The number of aromatic nitrogens is 2. The van der Waals surface area contributed by atoms with Crippen LogP contribution < -0.4 is 0 Å². The van der Waals surface area contributed by atoms with Crippen LogP contribution in [0.25, 0.3) is 0 Å². The van der Waals surface area contributed by atoms with E-state index in [1.54, 1.807) is 0 Å². The molecule has 0 aliphatic heterocycles. The van der Waals surface area contributed by atoms with Crippen LogP contribution in [0.5, 0.6) is 0 Å². The Morgan fingerprint density at radius 1 is 1.40 bits per heavy atom. The number of nitrogens with zero attached hydrogens (tertiary/aromatic N) is 3. The van der Waals surface area contributed by atoms with Gasteiger partial charge in [-0.3, -0.25) is 4.90 Å². The Morgan fingerprint density at radius 3 is 2.90 bits per heavy atom. The van der Waals surface area contributed by atoms with Gasteiger partial charge in [0.25, 0.3) is 0 Å². The third-order valence-corrected chi connectivity index (χ3v) is 4.30. The van der Waals surface area contributed by atoms with Crippen LogP contribution in [0, 0.1) is 5.92 Å². The average Bonchev–Trinajstić information content (AvgIpc) is 2.95. The molecule has 0 unspecified atom stereocenters. The third kappa shape index (κ3) is 3.67. The predicted octanol–water partition coefficient (Wildman–Crippen LogP) is 3.49. The summed E-state index contributed by atoms with van der Waals surface area (Å²) in [6, 6.07) is 4.99. The molecule has 4 nitrogen and oxygen atoms in total. The van der Waals surface area contributed by atoms with Gasteiger partial charge in [0.1, 0.15) is 0 Å². The lowest BCUT2D eigenvalue weighted by atomic mass is 10.1. The van der Waals surface area contributed by atoms with Gasteiger partial charge in [-0.05, 0) is 30.2 Å². The molecular weight excluding hydrogens is 270 g/mol. The first-order valence-electron chi connectivity index (χ1n) is 7.28. The Labute approximate surface area is 123 Å². The highest BCUT2D eigenvalue weighted by Gasteiger charge is 2.30. The summed E-state index contributed by atoms with van der Waals surface area (Å²) in [7, 11) is 0. The topological polar surface area (TPSA) is 42.2 Å². The molecule has 0 saturated heterocycles. The SMILES string of the molecule is CC(C)Cc1noc(CN(Cc2cccs2)C2CC2)n1. The summed E-state index contributed by atoms with van der Waals surface area (Å²) >= 11 is 1.81. The molecule has 0 aromatic carbocycles. The van der Waals surface area contributed by atoms with Crippen molar-refractivity contribution >= 4 is 11.3 Å². The van der Waals surface area contributed by atoms with E-state index in [2.05, 4.69) is 46.4 Å². The first-order chi connectivity index (χ1) is 9.70. The van der Waals surface area contributed by atoms with E-state index < -0.39 is 0 Å². The Balaban J connectivity index is 1.62. The highest BCUT2D eigenvalue weighted by Crippen LogP contribution is 2.30. The highest BCUT2D eigenvalue weighted by atomic mass is 32.1. The van der Waals surface area contributed by atoms with Gasteiger partial charge < -0.3 is 4.52 Å². The molecule has 108 valence electrons. The van der Waals surface area contributed by atoms with Crippen LogP contribution >= 0.6 is 11.3 Å². The van der Waals surface area contributed by atoms with E-state index in [1.807, 2.05) is 11.3 Å². The molecular formula is C15H21N3OS. The highest BCUT2D eigenvalue weighted by molar-refractivity contribution is 7.09. The number of thiophene rings is 1. The molecule has 0 radical (unpaired) electrons. The summed E-state index contributed by atoms with van der Waals surface area (Å²) in [5.74, 6) is 2.15. The quantitative estimate of drug-likeness (QED) is 0.783. The molecule has 1 aliphatic carbocycles. The average molecular weight is 291 g/mol. The van der Waals surface area contributed by atoms with Crippen LogP contribution in [0.2, 0.25) is 0 Å². The zero-order chi connectivity index (χ0) is 13.9. The van der Waals surface area contributed by atoms with E-state index in [-0.39, 0.29) is 0 Å². The molecule has 5 heteroatoms. The van der Waals surface area contributed by atoms with Gasteiger partial charge in [-0.25, -0.2) is 0 Å². The summed E-state index contributed by atoms with van der Waals surface area (Å²) in [5.41, 5.74) is 0. The molecule has 3 rings (SSSR count). The van der Waals surface area contributed by atoms with Crippen molar-refractivity contribution in [1.29, 1.82) is 0 Å². The molecule has 2 aromatic heterocycles. The summed E-state index contributed by atoms with van der Waals surface area (Å²) in [4.78, 5) is 8.37. The second-order valence-corrected chi connectivity index (χ2v) is 6.95. The van der Waals surface area contributed by atoms with E-state index in [0.717, 1.165) is 31.2 Å². The largest absolute Gasteiger partial charge is 0.338 e. The van der Waals surface area contributed by atoms with Crippen molar-refractivity contribution in [3.05, 3.63) is 34.1 Å². The summed E-state index contributed by atoms with van der Waals surface area (Å²) in [5, 5.41) is 6.21. The maximum absolute atomic E-state index is 5.39. The van der Waals surface area contributed by atoms with Gasteiger partial charge in [-0.1, -0.05) is 25.1 Å². The van der Waals surface area contributed by atoms with Crippen molar-refractivity contribution in [1.82, 2.24) is 15.0 Å². The van der Waals surface area contributed by atoms with Crippen LogP contribution in [0.1, 0.15) is 43.3 Å². The summed E-state index contributed by atoms with van der Waals surface area (Å²) in [6.45, 7) is 6.10. The van der Waals surface area contributed by atoms with Crippen LogP contribution in [-0.2, 0) is 19.5 Å². The fourth-order valence-electron chi connectivity index (χ4n) is 2.33. The first kappa shape index (κ1) is 13.8. The van der Waals surface area contributed by atoms with Gasteiger partial charge in [0.15, 0.2) is 5.82 Å². The molecule has 1 aliphatic rings. The van der Waals surface area contributed by atoms with Crippen LogP contribution in [0.15, 0.2) is 22.0 Å². The van der Waals surface area contributed by atoms with E-state index >= 15 is 0 Å². The lowest BCUT2D eigenvalue weighted by Crippen LogP contribution is -2.24. The van der Waals surface area contributed by atoms with Crippen LogP contribution in [-0.4, -0.2) is 21.1 Å². The summed E-state index contributed by atoms with van der Waals surface area (Å²) in [6.07, 6.45) is 3.47. The third-order valence-electron chi connectivity index (χ3n) is 3.44. The maximum Gasteiger partial charge on any atom is 0.240 e. The minimum absolute atomic E-state index is 0.561. The van der Waals surface area contributed by atoms with Crippen molar-refractivity contribution in [3.63, 3.8) is 0 Å². The molecule has 0 bridgehead atoms. The van der Waals surface area contributed by atoms with E-state index in [9.17, 15) is 0 Å².